The van der Waals surface area contributed by atoms with Gasteiger partial charge in [-0.05, 0) is 62.6 Å². The second-order valence-corrected chi connectivity index (χ2v) is 7.51. The summed E-state index contributed by atoms with van der Waals surface area (Å²) in [5.74, 6) is -1.08. The Morgan fingerprint density at radius 2 is 1.73 bits per heavy atom. The number of piperidine rings is 1. The van der Waals surface area contributed by atoms with Gasteiger partial charge in [-0.15, -0.1) is 0 Å². The first-order valence-corrected chi connectivity index (χ1v) is 10.2. The Labute approximate surface area is 174 Å². The van der Waals surface area contributed by atoms with E-state index in [0.29, 0.717) is 40.8 Å². The van der Waals surface area contributed by atoms with Gasteiger partial charge in [-0.25, -0.2) is 14.2 Å². The first kappa shape index (κ1) is 20.0. The van der Waals surface area contributed by atoms with Gasteiger partial charge in [0.05, 0.1) is 16.8 Å². The normalized spacial score (nSPS) is 15.1. The van der Waals surface area contributed by atoms with Gasteiger partial charge in [-0.3, -0.25) is 4.79 Å². The van der Waals surface area contributed by atoms with Crippen molar-refractivity contribution in [2.24, 2.45) is 0 Å². The highest BCUT2D eigenvalue weighted by atomic mass is 19.1. The average molecular weight is 406 g/mol. The molecule has 154 valence electrons. The number of benzene rings is 2. The zero-order valence-electron chi connectivity index (χ0n) is 16.8. The Bertz CT molecular complexity index is 1080. The molecule has 30 heavy (non-hydrogen) atoms. The zero-order chi connectivity index (χ0) is 21.1. The fourth-order valence-electron chi connectivity index (χ4n) is 3.76. The summed E-state index contributed by atoms with van der Waals surface area (Å²) in [6.07, 6.45) is 2.20. The molecule has 0 saturated carbocycles. The Kier molecular flexibility index (Phi) is 5.74. The minimum Gasteiger partial charge on any atom is -0.449 e. The lowest BCUT2D eigenvalue weighted by molar-refractivity contribution is -0.140. The molecule has 4 rings (SSSR count). The maximum atomic E-state index is 13.3. The molecule has 1 amide bonds. The van der Waals surface area contributed by atoms with Gasteiger partial charge in [-0.2, -0.15) is 0 Å². The monoisotopic (exact) mass is 406 g/mol. The van der Waals surface area contributed by atoms with E-state index in [-0.39, 0.29) is 11.7 Å². The van der Waals surface area contributed by atoms with E-state index in [2.05, 4.69) is 4.98 Å². The van der Waals surface area contributed by atoms with E-state index in [1.165, 1.54) is 12.1 Å². The molecule has 0 N–H and O–H groups in total. The van der Waals surface area contributed by atoms with E-state index in [4.69, 9.17) is 4.74 Å². The molecule has 0 aliphatic carbocycles. The van der Waals surface area contributed by atoms with Crippen LogP contribution < -0.4 is 0 Å². The van der Waals surface area contributed by atoms with Gasteiger partial charge in [0.15, 0.2) is 6.10 Å². The third-order valence-corrected chi connectivity index (χ3v) is 5.38. The smallest absolute Gasteiger partial charge is 0.339 e. The third-order valence-electron chi connectivity index (χ3n) is 5.38. The molecule has 1 saturated heterocycles. The van der Waals surface area contributed by atoms with Crippen molar-refractivity contribution in [2.75, 3.05) is 13.1 Å². The molecular formula is C24H23FN2O3. The molecule has 1 aliphatic heterocycles. The van der Waals surface area contributed by atoms with E-state index in [9.17, 15) is 14.0 Å². The maximum Gasteiger partial charge on any atom is 0.339 e. The number of para-hydroxylation sites is 1. The van der Waals surface area contributed by atoms with Crippen LogP contribution in [0.15, 0.2) is 54.6 Å². The highest BCUT2D eigenvalue weighted by Gasteiger charge is 2.26. The number of nitrogens with zero attached hydrogens (tertiary/aromatic N) is 2. The Balaban J connectivity index is 1.64. The van der Waals surface area contributed by atoms with Crippen LogP contribution in [0.2, 0.25) is 0 Å². The molecule has 0 radical (unpaired) electrons. The molecular weight excluding hydrogens is 383 g/mol. The van der Waals surface area contributed by atoms with Crippen LogP contribution in [0.5, 0.6) is 0 Å². The molecule has 1 aromatic heterocycles. The summed E-state index contributed by atoms with van der Waals surface area (Å²) in [4.78, 5) is 32.0. The topological polar surface area (TPSA) is 59.5 Å². The minimum atomic E-state index is -0.864. The number of carbonyl (C=O) groups excluding carboxylic acids is 2. The number of carbonyl (C=O) groups is 2. The van der Waals surface area contributed by atoms with E-state index < -0.39 is 12.1 Å². The van der Waals surface area contributed by atoms with Crippen LogP contribution in [0.4, 0.5) is 4.39 Å². The number of hydrogen-bond acceptors (Lipinski definition) is 4. The molecule has 1 fully saturated rings. The highest BCUT2D eigenvalue weighted by molar-refractivity contribution is 6.05. The first-order chi connectivity index (χ1) is 14.5. The first-order valence-electron chi connectivity index (χ1n) is 10.2. The summed E-state index contributed by atoms with van der Waals surface area (Å²) >= 11 is 0. The fourth-order valence-corrected chi connectivity index (χ4v) is 3.76. The van der Waals surface area contributed by atoms with Crippen molar-refractivity contribution in [1.82, 2.24) is 9.88 Å². The van der Waals surface area contributed by atoms with E-state index in [0.717, 1.165) is 19.3 Å². The average Bonchev–Trinajstić information content (AvgIpc) is 2.78. The fraction of sp³-hybridized carbons (Fsp3) is 0.292. The lowest BCUT2D eigenvalue weighted by Gasteiger charge is -2.29. The molecule has 3 aromatic rings. The predicted molar refractivity (Wildman–Crippen MR) is 112 cm³/mol. The summed E-state index contributed by atoms with van der Waals surface area (Å²) in [5, 5.41) is 0.644. The van der Waals surface area contributed by atoms with Crippen LogP contribution >= 0.6 is 0 Å². The number of esters is 1. The van der Waals surface area contributed by atoms with E-state index >= 15 is 0 Å². The Hall–Kier alpha value is -3.28. The van der Waals surface area contributed by atoms with Gasteiger partial charge >= 0.3 is 5.97 Å². The predicted octanol–water partition coefficient (Wildman–Crippen LogP) is 4.60. The molecule has 1 atom stereocenters. The number of halogens is 1. The lowest BCUT2D eigenvalue weighted by atomic mass is 10.0. The molecule has 5 nitrogen and oxygen atoms in total. The van der Waals surface area contributed by atoms with Crippen LogP contribution in [0.25, 0.3) is 22.2 Å². The number of amides is 1. The van der Waals surface area contributed by atoms with Crippen LogP contribution in [-0.4, -0.2) is 41.0 Å². The van der Waals surface area contributed by atoms with Crippen molar-refractivity contribution in [3.8, 4) is 11.3 Å². The maximum absolute atomic E-state index is 13.3. The molecule has 0 unspecified atom stereocenters. The number of pyridine rings is 1. The number of rotatable bonds is 4. The Morgan fingerprint density at radius 1 is 1.03 bits per heavy atom. The van der Waals surface area contributed by atoms with Gasteiger partial charge in [0, 0.05) is 24.0 Å². The summed E-state index contributed by atoms with van der Waals surface area (Å²) < 4.78 is 18.9. The number of fused-ring (bicyclic) bond motifs is 1. The summed E-state index contributed by atoms with van der Waals surface area (Å²) in [7, 11) is 0. The second kappa shape index (κ2) is 8.61. The number of likely N-dealkylation sites (tertiary alicyclic amines) is 1. The van der Waals surface area contributed by atoms with Crippen LogP contribution in [0.3, 0.4) is 0 Å². The van der Waals surface area contributed by atoms with Crippen LogP contribution in [-0.2, 0) is 9.53 Å². The van der Waals surface area contributed by atoms with Gasteiger partial charge in [0.1, 0.15) is 5.82 Å². The minimum absolute atomic E-state index is 0.167. The molecule has 6 heteroatoms. The van der Waals surface area contributed by atoms with Gasteiger partial charge in [-0.1, -0.05) is 18.2 Å². The highest BCUT2D eigenvalue weighted by Crippen LogP contribution is 2.26. The number of ether oxygens (including phenoxy) is 1. The second-order valence-electron chi connectivity index (χ2n) is 7.51. The summed E-state index contributed by atoms with van der Waals surface area (Å²) in [6.45, 7) is 3.01. The van der Waals surface area contributed by atoms with Crippen LogP contribution in [0.1, 0.15) is 36.5 Å². The summed E-state index contributed by atoms with van der Waals surface area (Å²) in [6, 6.07) is 14.8. The van der Waals surface area contributed by atoms with Gasteiger partial charge in [0.2, 0.25) is 0 Å². The van der Waals surface area contributed by atoms with Crippen molar-refractivity contribution >= 4 is 22.8 Å². The van der Waals surface area contributed by atoms with Crippen molar-refractivity contribution < 1.29 is 18.7 Å². The van der Waals surface area contributed by atoms with Crippen molar-refractivity contribution in [2.45, 2.75) is 32.3 Å². The van der Waals surface area contributed by atoms with Gasteiger partial charge < -0.3 is 9.64 Å². The van der Waals surface area contributed by atoms with Crippen molar-refractivity contribution in [3.63, 3.8) is 0 Å². The van der Waals surface area contributed by atoms with Gasteiger partial charge in [0.25, 0.3) is 5.91 Å². The Morgan fingerprint density at radius 3 is 2.47 bits per heavy atom. The summed E-state index contributed by atoms with van der Waals surface area (Å²) in [5.41, 5.74) is 2.18. The molecule has 2 heterocycles. The largest absolute Gasteiger partial charge is 0.449 e. The number of aromatic nitrogens is 1. The van der Waals surface area contributed by atoms with E-state index in [1.54, 1.807) is 42.2 Å². The zero-order valence-corrected chi connectivity index (χ0v) is 16.8. The third kappa shape index (κ3) is 4.17. The SMILES string of the molecule is C[C@H](OC(=O)c1cc(-c2ccc(F)cc2)nc2ccccc12)C(=O)N1CCCCC1. The molecule has 0 bridgehead atoms. The molecule has 0 spiro atoms. The number of hydrogen-bond donors (Lipinski definition) is 0. The van der Waals surface area contributed by atoms with E-state index in [1.807, 2.05) is 12.1 Å². The van der Waals surface area contributed by atoms with Crippen LogP contribution in [0, 0.1) is 5.82 Å². The van der Waals surface area contributed by atoms with Crippen molar-refractivity contribution in [1.29, 1.82) is 0 Å². The standard InChI is InChI=1S/C24H23FN2O3/c1-16(23(28)27-13-5-2-6-14-27)30-24(29)20-15-22(17-9-11-18(25)12-10-17)26-21-8-4-3-7-19(20)21/h3-4,7-12,15-16H,2,5-6,13-14H2,1H3/t16-/m0/s1. The quantitative estimate of drug-likeness (QED) is 0.594. The lowest BCUT2D eigenvalue weighted by Crippen LogP contribution is -2.42. The molecule has 1 aliphatic rings. The molecule has 2 aromatic carbocycles. The van der Waals surface area contributed by atoms with Crippen molar-refractivity contribution in [3.05, 3.63) is 66.0 Å².